The number of benzene rings is 2. The predicted molar refractivity (Wildman–Crippen MR) is 119 cm³/mol. The molecule has 2 aromatic carbocycles. The van der Waals surface area contributed by atoms with Gasteiger partial charge in [0.15, 0.2) is 11.8 Å². The molecule has 0 aliphatic carbocycles. The van der Waals surface area contributed by atoms with Gasteiger partial charge in [-0.05, 0) is 42.5 Å². The Morgan fingerprint density at radius 3 is 2.37 bits per heavy atom. The number of fused-ring (bicyclic) bond motifs is 1. The highest BCUT2D eigenvalue weighted by Gasteiger charge is 2.19. The molecule has 5 nitrogen and oxygen atoms in total. The van der Waals surface area contributed by atoms with Crippen molar-refractivity contribution in [1.82, 2.24) is 9.78 Å². The number of thiophene rings is 1. The molecule has 30 heavy (non-hydrogen) atoms. The molecule has 0 atom stereocenters. The summed E-state index contributed by atoms with van der Waals surface area (Å²) in [6, 6.07) is 16.7. The summed E-state index contributed by atoms with van der Waals surface area (Å²) >= 11 is 1.42. The highest BCUT2D eigenvalue weighted by molar-refractivity contribution is 7.17. The number of hydrogen-bond donors (Lipinski definition) is 0. The van der Waals surface area contributed by atoms with Crippen LogP contribution < -0.4 is 5.56 Å². The van der Waals surface area contributed by atoms with Crippen molar-refractivity contribution < 1.29 is 9.13 Å². The van der Waals surface area contributed by atoms with Crippen LogP contribution in [-0.2, 0) is 0 Å². The number of rotatable bonds is 3. The molecule has 4 rings (SSSR count). The van der Waals surface area contributed by atoms with Crippen LogP contribution in [0.1, 0.15) is 25.6 Å². The molecule has 0 saturated heterocycles. The average molecular weight is 421 g/mol. The molecule has 7 heteroatoms. The van der Waals surface area contributed by atoms with Crippen molar-refractivity contribution in [3.63, 3.8) is 0 Å². The zero-order chi connectivity index (χ0) is 21.5. The van der Waals surface area contributed by atoms with E-state index in [1.165, 1.54) is 40.3 Å². The quantitative estimate of drug-likeness (QED) is 0.203. The number of aromatic nitrogens is 2. The third kappa shape index (κ3) is 3.76. The van der Waals surface area contributed by atoms with Crippen LogP contribution in [0.3, 0.4) is 0 Å². The van der Waals surface area contributed by atoms with E-state index in [0.29, 0.717) is 16.8 Å². The van der Waals surface area contributed by atoms with Crippen molar-refractivity contribution in [2.75, 3.05) is 0 Å². The minimum atomic E-state index is -0.537. The first-order chi connectivity index (χ1) is 14.2. The Morgan fingerprint density at radius 1 is 1.03 bits per heavy atom. The lowest BCUT2D eigenvalue weighted by Crippen LogP contribution is -2.29. The minimum absolute atomic E-state index is 0.275. The number of hydroxylamine groups is 1. The van der Waals surface area contributed by atoms with Crippen LogP contribution in [0, 0.1) is 11.0 Å². The maximum Gasteiger partial charge on any atom is 0.279 e. The van der Waals surface area contributed by atoms with Crippen LogP contribution in [0.25, 0.3) is 27.0 Å². The van der Waals surface area contributed by atoms with Crippen LogP contribution in [0.4, 0.5) is 4.39 Å². The highest BCUT2D eigenvalue weighted by atomic mass is 32.1. The van der Waals surface area contributed by atoms with E-state index < -0.39 is 5.54 Å². The molecule has 0 saturated carbocycles. The third-order valence-electron chi connectivity index (χ3n) is 4.64. The summed E-state index contributed by atoms with van der Waals surface area (Å²) in [6.45, 7) is 5.54. The van der Waals surface area contributed by atoms with Gasteiger partial charge in [-0.15, -0.1) is 11.3 Å². The second kappa shape index (κ2) is 7.50. The van der Waals surface area contributed by atoms with Gasteiger partial charge in [0.05, 0.1) is 20.8 Å². The summed E-state index contributed by atoms with van der Waals surface area (Å²) in [4.78, 5) is 14.6. The second-order valence-electron chi connectivity index (χ2n) is 7.92. The molecule has 0 aliphatic rings. The minimum Gasteiger partial charge on any atom is -0.623 e. The van der Waals surface area contributed by atoms with Gasteiger partial charge < -0.3 is 5.21 Å². The summed E-state index contributed by atoms with van der Waals surface area (Å²) in [6.07, 6.45) is 1.56. The van der Waals surface area contributed by atoms with Gasteiger partial charge in [-0.3, -0.25) is 4.79 Å². The molecular formula is C23H20FN3O2S. The largest absolute Gasteiger partial charge is 0.623 e. The average Bonchev–Trinajstić information content (AvgIpc) is 3.17. The first-order valence-electron chi connectivity index (χ1n) is 9.43. The molecule has 0 spiro atoms. The van der Waals surface area contributed by atoms with E-state index >= 15 is 0 Å². The molecule has 0 amide bonds. The van der Waals surface area contributed by atoms with Crippen LogP contribution in [0.5, 0.6) is 0 Å². The van der Waals surface area contributed by atoms with Crippen molar-refractivity contribution in [1.29, 1.82) is 0 Å². The van der Waals surface area contributed by atoms with Gasteiger partial charge in [-0.25, -0.2) is 9.13 Å². The smallest absolute Gasteiger partial charge is 0.279 e. The normalized spacial score (nSPS) is 12.5. The maximum absolute atomic E-state index is 13.4. The van der Waals surface area contributed by atoms with E-state index in [9.17, 15) is 14.4 Å². The summed E-state index contributed by atoms with van der Waals surface area (Å²) in [5, 5.41) is 18.1. The van der Waals surface area contributed by atoms with Gasteiger partial charge in [0.2, 0.25) is 0 Å². The summed E-state index contributed by atoms with van der Waals surface area (Å²) in [7, 11) is 0. The molecule has 152 valence electrons. The van der Waals surface area contributed by atoms with Crippen molar-refractivity contribution in [2.24, 2.45) is 0 Å². The first kappa shape index (κ1) is 20.0. The van der Waals surface area contributed by atoms with E-state index in [1.54, 1.807) is 18.3 Å². The molecule has 2 aromatic heterocycles. The molecule has 0 aliphatic heterocycles. The summed E-state index contributed by atoms with van der Waals surface area (Å²) in [5.74, 6) is -0.382. The van der Waals surface area contributed by atoms with Crippen LogP contribution in [0.2, 0.25) is 0 Å². The maximum atomic E-state index is 13.4. The van der Waals surface area contributed by atoms with Crippen molar-refractivity contribution in [2.45, 2.75) is 26.3 Å². The number of halogens is 1. The Balaban J connectivity index is 1.91. The zero-order valence-corrected chi connectivity index (χ0v) is 17.6. The van der Waals surface area contributed by atoms with Gasteiger partial charge in [0.25, 0.3) is 5.56 Å². The van der Waals surface area contributed by atoms with E-state index in [1.807, 2.05) is 45.0 Å². The molecule has 0 bridgehead atoms. The SMILES string of the molecule is CC(C)(C)/[N+]([O-])=C/c1ccc(-c2nn(-c3ccc(F)cc3)c(=O)c3ccccc23)s1. The lowest BCUT2D eigenvalue weighted by molar-refractivity contribution is -0.530. The fourth-order valence-electron chi connectivity index (χ4n) is 2.99. The molecule has 0 unspecified atom stereocenters. The topological polar surface area (TPSA) is 61.0 Å². The molecule has 4 aromatic rings. The van der Waals surface area contributed by atoms with E-state index in [0.717, 1.165) is 19.9 Å². The zero-order valence-electron chi connectivity index (χ0n) is 16.8. The monoisotopic (exact) mass is 421 g/mol. The third-order valence-corrected chi connectivity index (χ3v) is 5.67. The van der Waals surface area contributed by atoms with Crippen LogP contribution >= 0.6 is 11.3 Å². The predicted octanol–water partition coefficient (Wildman–Crippen LogP) is 4.98. The highest BCUT2D eigenvalue weighted by Crippen LogP contribution is 2.31. The van der Waals surface area contributed by atoms with Gasteiger partial charge >= 0.3 is 0 Å². The fraction of sp³-hybridized carbons (Fsp3) is 0.174. The molecule has 0 radical (unpaired) electrons. The van der Waals surface area contributed by atoms with Crippen LogP contribution in [0.15, 0.2) is 65.5 Å². The molecule has 0 fully saturated rings. The standard InChI is InChI=1S/C23H20FN3O2S/c1-23(2,3)26(29)14-17-12-13-20(30-17)21-18-6-4-5-7-19(18)22(28)27(25-21)16-10-8-15(24)9-11-16/h4-14H,1-3H3/b26-14-. The van der Waals surface area contributed by atoms with Gasteiger partial charge in [-0.2, -0.15) is 9.78 Å². The Hall–Kier alpha value is -3.32. The summed E-state index contributed by atoms with van der Waals surface area (Å²) < 4.78 is 15.6. The van der Waals surface area contributed by atoms with Gasteiger partial charge in [0.1, 0.15) is 11.5 Å². The molecule has 2 heterocycles. The number of nitrogens with zero attached hydrogens (tertiary/aromatic N) is 3. The first-order valence-corrected chi connectivity index (χ1v) is 10.3. The Labute approximate surface area is 176 Å². The number of hydrogen-bond acceptors (Lipinski definition) is 4. The Kier molecular flexibility index (Phi) is 4.99. The fourth-order valence-corrected chi connectivity index (χ4v) is 3.91. The van der Waals surface area contributed by atoms with Gasteiger partial charge in [-0.1, -0.05) is 18.2 Å². The van der Waals surface area contributed by atoms with Crippen molar-refractivity contribution in [3.05, 3.63) is 86.9 Å². The Bertz CT molecular complexity index is 1320. The molecular weight excluding hydrogens is 401 g/mol. The lowest BCUT2D eigenvalue weighted by atomic mass is 10.1. The molecule has 0 N–H and O–H groups in total. The summed E-state index contributed by atoms with van der Waals surface area (Å²) in [5.41, 5.74) is 0.302. The van der Waals surface area contributed by atoms with Crippen LogP contribution in [-0.4, -0.2) is 26.3 Å². The van der Waals surface area contributed by atoms with E-state index in [-0.39, 0.29) is 11.4 Å². The second-order valence-corrected chi connectivity index (χ2v) is 9.03. The van der Waals surface area contributed by atoms with E-state index in [4.69, 9.17) is 0 Å². The van der Waals surface area contributed by atoms with Crippen molar-refractivity contribution in [3.8, 4) is 16.3 Å². The lowest BCUT2D eigenvalue weighted by Gasteiger charge is -2.18. The van der Waals surface area contributed by atoms with E-state index in [2.05, 4.69) is 5.10 Å². The Morgan fingerprint density at radius 2 is 1.70 bits per heavy atom. The van der Waals surface area contributed by atoms with Crippen molar-refractivity contribution >= 4 is 28.3 Å². The van der Waals surface area contributed by atoms with Gasteiger partial charge in [0, 0.05) is 26.2 Å².